The standard InChI is InChI=1S/C15H11N5O2/c1-9-4-6-10(7-5-9)12-16-14(22-19-12)11-3-2-8-20-13(11)17-18-15(20)21/h2-8H,1H3,(H,18,21). The van der Waals surface area contributed by atoms with Gasteiger partial charge in [0.2, 0.25) is 5.82 Å². The van der Waals surface area contributed by atoms with Gasteiger partial charge >= 0.3 is 5.69 Å². The number of H-pyrrole nitrogens is 1. The number of nitrogens with one attached hydrogen (secondary N) is 1. The first-order chi connectivity index (χ1) is 10.7. The van der Waals surface area contributed by atoms with Crippen LogP contribution in [0.4, 0.5) is 0 Å². The maximum absolute atomic E-state index is 11.6. The number of aromatic amines is 1. The zero-order valence-electron chi connectivity index (χ0n) is 11.6. The van der Waals surface area contributed by atoms with Gasteiger partial charge in [-0.25, -0.2) is 14.3 Å². The van der Waals surface area contributed by atoms with Gasteiger partial charge in [-0.15, -0.1) is 0 Å². The van der Waals surface area contributed by atoms with Crippen LogP contribution in [-0.4, -0.2) is 24.7 Å². The Hall–Kier alpha value is -3.22. The molecule has 0 spiro atoms. The normalized spacial score (nSPS) is 11.1. The smallest absolute Gasteiger partial charge is 0.333 e. The van der Waals surface area contributed by atoms with E-state index in [1.165, 1.54) is 4.40 Å². The van der Waals surface area contributed by atoms with E-state index in [0.29, 0.717) is 22.9 Å². The Kier molecular flexibility index (Phi) is 2.65. The van der Waals surface area contributed by atoms with Crippen molar-refractivity contribution in [3.63, 3.8) is 0 Å². The van der Waals surface area contributed by atoms with Crippen molar-refractivity contribution in [3.05, 3.63) is 58.6 Å². The molecule has 0 atom stereocenters. The SMILES string of the molecule is Cc1ccc(-c2noc(-c3cccn4c(=O)[nH]nc34)n2)cc1. The third kappa shape index (κ3) is 1.91. The largest absolute Gasteiger partial charge is 0.347 e. The van der Waals surface area contributed by atoms with E-state index in [4.69, 9.17) is 4.52 Å². The Labute approximate surface area is 124 Å². The first-order valence-corrected chi connectivity index (χ1v) is 6.69. The lowest BCUT2D eigenvalue weighted by molar-refractivity contribution is 0.432. The highest BCUT2D eigenvalue weighted by Gasteiger charge is 2.15. The fourth-order valence-electron chi connectivity index (χ4n) is 2.25. The molecule has 3 heterocycles. The lowest BCUT2D eigenvalue weighted by Crippen LogP contribution is -2.08. The fraction of sp³-hybridized carbons (Fsp3) is 0.0667. The van der Waals surface area contributed by atoms with Gasteiger partial charge in [0.05, 0.1) is 5.56 Å². The molecule has 4 rings (SSSR count). The highest BCUT2D eigenvalue weighted by Crippen LogP contribution is 2.24. The molecule has 0 aliphatic heterocycles. The lowest BCUT2D eigenvalue weighted by Gasteiger charge is -1.96. The molecule has 0 unspecified atom stereocenters. The van der Waals surface area contributed by atoms with Crippen LogP contribution in [0, 0.1) is 6.92 Å². The molecule has 0 fully saturated rings. The van der Waals surface area contributed by atoms with Crippen LogP contribution < -0.4 is 5.69 Å². The Bertz CT molecular complexity index is 1010. The zero-order chi connectivity index (χ0) is 15.1. The minimum Gasteiger partial charge on any atom is -0.333 e. The van der Waals surface area contributed by atoms with E-state index in [1.54, 1.807) is 18.3 Å². The van der Waals surface area contributed by atoms with Gasteiger partial charge in [0.1, 0.15) is 0 Å². The molecular formula is C15H11N5O2. The van der Waals surface area contributed by atoms with E-state index in [-0.39, 0.29) is 5.69 Å². The predicted molar refractivity (Wildman–Crippen MR) is 79.3 cm³/mol. The number of nitrogens with zero attached hydrogens (tertiary/aromatic N) is 4. The summed E-state index contributed by atoms with van der Waals surface area (Å²) in [4.78, 5) is 16.0. The maximum Gasteiger partial charge on any atom is 0.347 e. The number of aryl methyl sites for hydroxylation is 1. The van der Waals surface area contributed by atoms with Crippen LogP contribution in [0.15, 0.2) is 51.9 Å². The Morgan fingerprint density at radius 2 is 2.00 bits per heavy atom. The number of rotatable bonds is 2. The first-order valence-electron chi connectivity index (χ1n) is 6.69. The van der Waals surface area contributed by atoms with Gasteiger partial charge in [-0.2, -0.15) is 10.1 Å². The van der Waals surface area contributed by atoms with E-state index < -0.39 is 0 Å². The summed E-state index contributed by atoms with van der Waals surface area (Å²) in [6.45, 7) is 2.02. The number of aromatic nitrogens is 5. The van der Waals surface area contributed by atoms with Crippen LogP contribution in [0.5, 0.6) is 0 Å². The third-order valence-electron chi connectivity index (χ3n) is 3.41. The van der Waals surface area contributed by atoms with Crippen LogP contribution in [0.3, 0.4) is 0 Å². The number of benzene rings is 1. The number of fused-ring (bicyclic) bond motifs is 1. The van der Waals surface area contributed by atoms with Crippen molar-refractivity contribution in [1.82, 2.24) is 24.7 Å². The molecule has 7 nitrogen and oxygen atoms in total. The first kappa shape index (κ1) is 12.5. The quantitative estimate of drug-likeness (QED) is 0.611. The van der Waals surface area contributed by atoms with Crippen molar-refractivity contribution in [2.75, 3.05) is 0 Å². The summed E-state index contributed by atoms with van der Waals surface area (Å²) < 4.78 is 6.72. The average Bonchev–Trinajstić information content (AvgIpc) is 3.16. The highest BCUT2D eigenvalue weighted by atomic mass is 16.5. The molecule has 3 aromatic heterocycles. The molecule has 7 heteroatoms. The minimum atomic E-state index is -0.310. The number of pyridine rings is 1. The zero-order valence-corrected chi connectivity index (χ0v) is 11.6. The summed E-state index contributed by atoms with van der Waals surface area (Å²) in [5.74, 6) is 0.815. The second-order valence-electron chi connectivity index (χ2n) is 4.93. The highest BCUT2D eigenvalue weighted by molar-refractivity contribution is 5.72. The van der Waals surface area contributed by atoms with Gasteiger partial charge in [-0.3, -0.25) is 0 Å². The summed E-state index contributed by atoms with van der Waals surface area (Å²) in [7, 11) is 0. The second kappa shape index (κ2) is 4.66. The molecule has 0 aliphatic rings. The molecule has 0 aliphatic carbocycles. The summed E-state index contributed by atoms with van der Waals surface area (Å²) in [6.07, 6.45) is 1.63. The lowest BCUT2D eigenvalue weighted by atomic mass is 10.1. The van der Waals surface area contributed by atoms with Crippen LogP contribution >= 0.6 is 0 Å². The van der Waals surface area contributed by atoms with Gasteiger partial charge in [0, 0.05) is 11.8 Å². The van der Waals surface area contributed by atoms with Crippen molar-refractivity contribution in [2.45, 2.75) is 6.92 Å². The van der Waals surface area contributed by atoms with Crippen molar-refractivity contribution in [2.24, 2.45) is 0 Å². The van der Waals surface area contributed by atoms with Gasteiger partial charge < -0.3 is 4.52 Å². The van der Waals surface area contributed by atoms with Crippen LogP contribution in [0.1, 0.15) is 5.56 Å². The monoisotopic (exact) mass is 293 g/mol. The number of hydrogen-bond acceptors (Lipinski definition) is 5. The summed E-state index contributed by atoms with van der Waals surface area (Å²) >= 11 is 0. The van der Waals surface area contributed by atoms with Crippen LogP contribution in [0.2, 0.25) is 0 Å². The maximum atomic E-state index is 11.6. The summed E-state index contributed by atoms with van der Waals surface area (Å²) in [5.41, 5.74) is 2.77. The number of hydrogen-bond donors (Lipinski definition) is 1. The van der Waals surface area contributed by atoms with Gasteiger partial charge in [-0.1, -0.05) is 35.0 Å². The molecule has 1 aromatic carbocycles. The van der Waals surface area contributed by atoms with Crippen LogP contribution in [-0.2, 0) is 0 Å². The second-order valence-corrected chi connectivity index (χ2v) is 4.93. The van der Waals surface area contributed by atoms with Crippen molar-refractivity contribution in [3.8, 4) is 22.8 Å². The molecular weight excluding hydrogens is 282 g/mol. The Morgan fingerprint density at radius 3 is 2.82 bits per heavy atom. The van der Waals surface area contributed by atoms with Crippen molar-refractivity contribution >= 4 is 5.65 Å². The third-order valence-corrected chi connectivity index (χ3v) is 3.41. The van der Waals surface area contributed by atoms with Gasteiger partial charge in [0.25, 0.3) is 5.89 Å². The fourth-order valence-corrected chi connectivity index (χ4v) is 2.25. The molecule has 108 valence electrons. The Morgan fingerprint density at radius 1 is 1.18 bits per heavy atom. The molecule has 0 radical (unpaired) electrons. The topological polar surface area (TPSA) is 89.1 Å². The Balaban J connectivity index is 1.83. The van der Waals surface area contributed by atoms with Crippen molar-refractivity contribution < 1.29 is 4.52 Å². The molecule has 22 heavy (non-hydrogen) atoms. The molecule has 1 N–H and O–H groups in total. The van der Waals surface area contributed by atoms with E-state index in [1.807, 2.05) is 31.2 Å². The molecule has 0 saturated carbocycles. The van der Waals surface area contributed by atoms with E-state index in [9.17, 15) is 4.79 Å². The van der Waals surface area contributed by atoms with Crippen LogP contribution in [0.25, 0.3) is 28.5 Å². The van der Waals surface area contributed by atoms with E-state index in [0.717, 1.165) is 11.1 Å². The van der Waals surface area contributed by atoms with Gasteiger partial charge in [0.15, 0.2) is 5.65 Å². The molecule has 0 bridgehead atoms. The van der Waals surface area contributed by atoms with Crippen molar-refractivity contribution in [1.29, 1.82) is 0 Å². The minimum absolute atomic E-state index is 0.310. The van der Waals surface area contributed by atoms with E-state index >= 15 is 0 Å². The summed E-state index contributed by atoms with van der Waals surface area (Å²) in [6, 6.07) is 11.4. The summed E-state index contributed by atoms with van der Waals surface area (Å²) in [5, 5.41) is 10.4. The molecule has 4 aromatic rings. The average molecular weight is 293 g/mol. The molecule has 0 amide bonds. The van der Waals surface area contributed by atoms with Gasteiger partial charge in [-0.05, 0) is 19.1 Å². The van der Waals surface area contributed by atoms with E-state index in [2.05, 4.69) is 20.3 Å². The predicted octanol–water partition coefficient (Wildman–Crippen LogP) is 2.05. The molecule has 0 saturated heterocycles.